The number of nitrogens with zero attached hydrogens (tertiary/aromatic N) is 2. The van der Waals surface area contributed by atoms with Crippen LogP contribution in [0.2, 0.25) is 0 Å². The third-order valence-corrected chi connectivity index (χ3v) is 6.40. The molecule has 3 aromatic rings. The number of pyridine rings is 1. The number of benzene rings is 2. The van der Waals surface area contributed by atoms with Gasteiger partial charge in [-0.05, 0) is 35.4 Å². The highest BCUT2D eigenvalue weighted by molar-refractivity contribution is 5.92. The van der Waals surface area contributed by atoms with Gasteiger partial charge < -0.3 is 19.9 Å². The van der Waals surface area contributed by atoms with E-state index in [-0.39, 0.29) is 11.8 Å². The summed E-state index contributed by atoms with van der Waals surface area (Å²) in [7, 11) is 3.27. The van der Waals surface area contributed by atoms with E-state index in [2.05, 4.69) is 29.2 Å². The van der Waals surface area contributed by atoms with Gasteiger partial charge in [0.1, 0.15) is 23.1 Å². The predicted molar refractivity (Wildman–Crippen MR) is 117 cm³/mol. The topological polar surface area (TPSA) is 86.9 Å². The summed E-state index contributed by atoms with van der Waals surface area (Å²) < 4.78 is 17.7. The van der Waals surface area contributed by atoms with Gasteiger partial charge >= 0.3 is 6.03 Å². The number of amides is 2. The molecular weight excluding hydrogens is 394 g/mol. The van der Waals surface area contributed by atoms with Gasteiger partial charge in [0, 0.05) is 50.1 Å². The molecule has 1 aromatic heterocycles. The molecule has 2 amide bonds. The van der Waals surface area contributed by atoms with Crippen LogP contribution in [0.5, 0.6) is 11.5 Å². The molecule has 2 aliphatic rings. The van der Waals surface area contributed by atoms with E-state index in [1.807, 2.05) is 18.2 Å². The molecule has 2 unspecified atom stereocenters. The fourth-order valence-corrected chi connectivity index (χ4v) is 4.87. The second kappa shape index (κ2) is 7.42. The number of urea groups is 1. The fourth-order valence-electron chi connectivity index (χ4n) is 4.87. The van der Waals surface area contributed by atoms with Crippen molar-refractivity contribution in [1.82, 2.24) is 9.88 Å². The third-order valence-electron chi connectivity index (χ3n) is 6.40. The van der Waals surface area contributed by atoms with E-state index >= 15 is 0 Å². The van der Waals surface area contributed by atoms with Crippen LogP contribution < -0.4 is 15.2 Å². The molecule has 0 aliphatic carbocycles. The van der Waals surface area contributed by atoms with E-state index in [4.69, 9.17) is 19.9 Å². The van der Waals surface area contributed by atoms with Crippen molar-refractivity contribution in [2.45, 2.75) is 31.1 Å². The van der Waals surface area contributed by atoms with Crippen molar-refractivity contribution in [3.05, 3.63) is 54.2 Å². The van der Waals surface area contributed by atoms with E-state index in [9.17, 15) is 4.79 Å². The van der Waals surface area contributed by atoms with Crippen LogP contribution in [0.15, 0.2) is 48.7 Å². The second-order valence-corrected chi connectivity index (χ2v) is 8.18. The number of hydrogen-bond acceptors (Lipinski definition) is 5. The molecule has 2 aliphatic heterocycles. The maximum Gasteiger partial charge on any atom is 0.316 e. The van der Waals surface area contributed by atoms with Crippen LogP contribution in [0.4, 0.5) is 4.79 Å². The van der Waals surface area contributed by atoms with E-state index in [1.54, 1.807) is 25.3 Å². The van der Waals surface area contributed by atoms with Crippen molar-refractivity contribution in [1.29, 1.82) is 0 Å². The molecule has 1 spiro atoms. The number of carbonyl (C=O) groups is 1. The molecule has 3 heterocycles. The molecule has 160 valence electrons. The zero-order valence-corrected chi connectivity index (χ0v) is 17.6. The first kappa shape index (κ1) is 19.6. The van der Waals surface area contributed by atoms with E-state index in [0.29, 0.717) is 19.4 Å². The van der Waals surface area contributed by atoms with Crippen molar-refractivity contribution < 1.29 is 19.0 Å². The van der Waals surface area contributed by atoms with E-state index in [1.165, 1.54) is 0 Å². The first-order valence-corrected chi connectivity index (χ1v) is 10.4. The number of ether oxygens (including phenoxy) is 3. The average Bonchev–Trinajstić information content (AvgIpc) is 3.14. The number of carbonyl (C=O) groups excluding carboxylic acids is 1. The first-order valence-electron chi connectivity index (χ1n) is 10.4. The highest BCUT2D eigenvalue weighted by atomic mass is 16.5. The van der Waals surface area contributed by atoms with Gasteiger partial charge in [0.2, 0.25) is 0 Å². The van der Waals surface area contributed by atoms with Crippen LogP contribution in [0, 0.1) is 0 Å². The maximum atomic E-state index is 11.7. The summed E-state index contributed by atoms with van der Waals surface area (Å²) in [5, 5.41) is 1.04. The number of fused-ring (bicyclic) bond motifs is 2. The minimum Gasteiger partial charge on any atom is -0.494 e. The predicted octanol–water partition coefficient (Wildman–Crippen LogP) is 3.73. The van der Waals surface area contributed by atoms with Crippen molar-refractivity contribution in [2.75, 3.05) is 20.8 Å². The van der Waals surface area contributed by atoms with Gasteiger partial charge in [0.25, 0.3) is 0 Å². The molecule has 2 N–H and O–H groups in total. The van der Waals surface area contributed by atoms with Crippen molar-refractivity contribution in [3.63, 3.8) is 0 Å². The number of hydrogen-bond donors (Lipinski definition) is 1. The minimum atomic E-state index is -0.462. The van der Waals surface area contributed by atoms with Crippen molar-refractivity contribution in [2.24, 2.45) is 5.73 Å². The molecule has 1 saturated heterocycles. The standard InChI is InChI=1S/C24H25N3O4/c1-29-20-14-24(9-11-27(20)23(25)28)13-17-12-16(6-8-19(17)31-24)18-7-5-15-4-3-10-26-21(15)22(18)30-2/h3-8,10,12,20H,9,11,13-14H2,1-2H3,(H2,25,28). The molecule has 31 heavy (non-hydrogen) atoms. The van der Waals surface area contributed by atoms with Crippen molar-refractivity contribution >= 4 is 16.9 Å². The smallest absolute Gasteiger partial charge is 0.316 e. The molecule has 0 radical (unpaired) electrons. The summed E-state index contributed by atoms with van der Waals surface area (Å²) in [6.07, 6.45) is 3.45. The van der Waals surface area contributed by atoms with Crippen LogP contribution in [0.1, 0.15) is 18.4 Å². The lowest BCUT2D eigenvalue weighted by Gasteiger charge is -2.42. The van der Waals surface area contributed by atoms with Gasteiger partial charge in [0.05, 0.1) is 7.11 Å². The molecule has 7 nitrogen and oxygen atoms in total. The van der Waals surface area contributed by atoms with Crippen LogP contribution >= 0.6 is 0 Å². The van der Waals surface area contributed by atoms with Gasteiger partial charge in [0.15, 0.2) is 5.75 Å². The summed E-state index contributed by atoms with van der Waals surface area (Å²) in [4.78, 5) is 17.8. The van der Waals surface area contributed by atoms with Crippen LogP contribution in [-0.2, 0) is 11.2 Å². The third kappa shape index (κ3) is 3.25. The number of nitrogens with two attached hydrogens (primary N) is 1. The summed E-state index contributed by atoms with van der Waals surface area (Å²) in [6, 6.07) is 13.9. The fraction of sp³-hybridized carbons (Fsp3) is 0.333. The molecule has 1 fully saturated rings. The average molecular weight is 419 g/mol. The van der Waals surface area contributed by atoms with Gasteiger partial charge in [-0.3, -0.25) is 9.88 Å². The minimum absolute atomic E-state index is 0.383. The Labute approximate surface area is 180 Å². The number of aromatic nitrogens is 1. The summed E-state index contributed by atoms with van der Waals surface area (Å²) in [6.45, 7) is 0.513. The van der Waals surface area contributed by atoms with Gasteiger partial charge in [-0.2, -0.15) is 0 Å². The number of likely N-dealkylation sites (tertiary alicyclic amines) is 1. The quantitative estimate of drug-likeness (QED) is 0.699. The van der Waals surface area contributed by atoms with Crippen LogP contribution in [-0.4, -0.2) is 48.5 Å². The Morgan fingerprint density at radius 2 is 2.13 bits per heavy atom. The Morgan fingerprint density at radius 1 is 1.26 bits per heavy atom. The molecule has 2 aromatic carbocycles. The molecular formula is C24H25N3O4. The number of primary amides is 1. The summed E-state index contributed by atoms with van der Waals surface area (Å²) in [5.74, 6) is 1.64. The Balaban J connectivity index is 1.47. The summed E-state index contributed by atoms with van der Waals surface area (Å²) in [5.41, 5.74) is 9.16. The second-order valence-electron chi connectivity index (χ2n) is 8.18. The lowest BCUT2D eigenvalue weighted by Crippen LogP contribution is -2.56. The Kier molecular flexibility index (Phi) is 4.70. The molecule has 5 rings (SSSR count). The van der Waals surface area contributed by atoms with Crippen molar-refractivity contribution in [3.8, 4) is 22.6 Å². The molecule has 0 saturated carbocycles. The van der Waals surface area contributed by atoms with Crippen LogP contribution in [0.3, 0.4) is 0 Å². The van der Waals surface area contributed by atoms with Gasteiger partial charge in [-0.15, -0.1) is 0 Å². The number of methoxy groups -OCH3 is 2. The largest absolute Gasteiger partial charge is 0.494 e. The van der Waals surface area contributed by atoms with Crippen LogP contribution in [0.25, 0.3) is 22.0 Å². The maximum absolute atomic E-state index is 11.7. The van der Waals surface area contributed by atoms with E-state index in [0.717, 1.165) is 45.5 Å². The number of piperidine rings is 1. The lowest BCUT2D eigenvalue weighted by atomic mass is 9.85. The highest BCUT2D eigenvalue weighted by Crippen LogP contribution is 2.45. The first-order chi connectivity index (χ1) is 15.0. The SMILES string of the molecule is COc1c(-c2ccc3c(c2)CC2(CCN(C(N)=O)C(OC)C2)O3)ccc2cccnc12. The zero-order chi connectivity index (χ0) is 21.6. The number of rotatable bonds is 3. The highest BCUT2D eigenvalue weighted by Gasteiger charge is 2.47. The lowest BCUT2D eigenvalue weighted by molar-refractivity contribution is -0.0940. The Morgan fingerprint density at radius 3 is 2.90 bits per heavy atom. The Hall–Kier alpha value is -3.32. The van der Waals surface area contributed by atoms with Gasteiger partial charge in [-0.25, -0.2) is 4.79 Å². The normalized spacial score (nSPS) is 22.4. The van der Waals surface area contributed by atoms with E-state index < -0.39 is 6.03 Å². The zero-order valence-electron chi connectivity index (χ0n) is 17.6. The Bertz CT molecular complexity index is 1160. The molecule has 0 bridgehead atoms. The van der Waals surface area contributed by atoms with Gasteiger partial charge in [-0.1, -0.05) is 18.2 Å². The molecule has 2 atom stereocenters. The monoisotopic (exact) mass is 419 g/mol. The molecule has 7 heteroatoms. The summed E-state index contributed by atoms with van der Waals surface area (Å²) >= 11 is 0.